The van der Waals surface area contributed by atoms with Gasteiger partial charge in [-0.1, -0.05) is 18.6 Å². The van der Waals surface area contributed by atoms with Crippen molar-refractivity contribution in [3.8, 4) is 0 Å². The number of fused-ring (bicyclic) bond motifs is 1. The van der Waals surface area contributed by atoms with Crippen molar-refractivity contribution in [1.82, 2.24) is 4.31 Å². The first-order valence-electron chi connectivity index (χ1n) is 11.3. The van der Waals surface area contributed by atoms with E-state index in [1.807, 2.05) is 35.7 Å². The van der Waals surface area contributed by atoms with E-state index in [0.29, 0.717) is 35.8 Å². The summed E-state index contributed by atoms with van der Waals surface area (Å²) in [5.74, 6) is -0.376. The number of amides is 2. The summed E-state index contributed by atoms with van der Waals surface area (Å²) >= 11 is 1.41. The predicted molar refractivity (Wildman–Crippen MR) is 133 cm³/mol. The van der Waals surface area contributed by atoms with Crippen LogP contribution in [0.3, 0.4) is 0 Å². The summed E-state index contributed by atoms with van der Waals surface area (Å²) in [6, 6.07) is 15.3. The Morgan fingerprint density at radius 1 is 0.912 bits per heavy atom. The maximum Gasteiger partial charge on any atom is 0.268 e. The third-order valence-electron chi connectivity index (χ3n) is 6.29. The number of piperidine rings is 1. The highest BCUT2D eigenvalue weighted by Crippen LogP contribution is 2.33. The van der Waals surface area contributed by atoms with Crippen molar-refractivity contribution < 1.29 is 18.0 Å². The largest absolute Gasteiger partial charge is 0.322 e. The Morgan fingerprint density at radius 2 is 1.68 bits per heavy atom. The highest BCUT2D eigenvalue weighted by molar-refractivity contribution is 7.89. The summed E-state index contributed by atoms with van der Waals surface area (Å²) < 4.78 is 27.2. The lowest BCUT2D eigenvalue weighted by atomic mass is 10.1. The van der Waals surface area contributed by atoms with Crippen LogP contribution >= 0.6 is 11.3 Å². The average Bonchev–Trinajstić information content (AvgIpc) is 3.55. The molecule has 2 aliphatic heterocycles. The molecule has 0 saturated carbocycles. The molecule has 3 aromatic rings. The van der Waals surface area contributed by atoms with E-state index >= 15 is 0 Å². The first kappa shape index (κ1) is 22.8. The highest BCUT2D eigenvalue weighted by Gasteiger charge is 2.27. The first-order valence-corrected chi connectivity index (χ1v) is 13.7. The Kier molecular flexibility index (Phi) is 6.24. The van der Waals surface area contributed by atoms with Crippen LogP contribution in [0.2, 0.25) is 0 Å². The van der Waals surface area contributed by atoms with Crippen LogP contribution in [0.25, 0.3) is 0 Å². The number of hydrogen-bond acceptors (Lipinski definition) is 5. The molecule has 176 valence electrons. The van der Waals surface area contributed by atoms with Crippen molar-refractivity contribution in [1.29, 1.82) is 0 Å². The molecule has 1 saturated heterocycles. The quantitative estimate of drug-likeness (QED) is 0.569. The Hall–Kier alpha value is -3.01. The van der Waals surface area contributed by atoms with Crippen molar-refractivity contribution in [2.24, 2.45) is 0 Å². The Morgan fingerprint density at radius 3 is 2.38 bits per heavy atom. The molecule has 0 aliphatic carbocycles. The van der Waals surface area contributed by atoms with E-state index in [-0.39, 0.29) is 16.7 Å². The molecule has 7 nitrogen and oxygen atoms in total. The van der Waals surface area contributed by atoms with Crippen LogP contribution in [0.1, 0.15) is 44.9 Å². The molecule has 2 aliphatic rings. The van der Waals surface area contributed by atoms with Crippen molar-refractivity contribution in [3.63, 3.8) is 0 Å². The molecule has 9 heteroatoms. The van der Waals surface area contributed by atoms with Gasteiger partial charge in [0.1, 0.15) is 0 Å². The molecule has 1 aromatic heterocycles. The van der Waals surface area contributed by atoms with E-state index in [1.54, 1.807) is 4.90 Å². The molecule has 5 rings (SSSR count). The summed E-state index contributed by atoms with van der Waals surface area (Å²) in [4.78, 5) is 28.3. The van der Waals surface area contributed by atoms with Gasteiger partial charge in [0, 0.05) is 36.6 Å². The maximum absolute atomic E-state index is 12.8. The summed E-state index contributed by atoms with van der Waals surface area (Å²) in [6.07, 6.45) is 3.56. The molecular weight excluding hydrogens is 470 g/mol. The van der Waals surface area contributed by atoms with Crippen molar-refractivity contribution >= 4 is 44.5 Å². The molecule has 2 aromatic carbocycles. The molecular formula is C25H25N3O4S2. The van der Waals surface area contributed by atoms with E-state index in [4.69, 9.17) is 0 Å². The fraction of sp³-hybridized carbons (Fsp3) is 0.280. The zero-order chi connectivity index (χ0) is 23.7. The zero-order valence-corrected chi connectivity index (χ0v) is 20.2. The van der Waals surface area contributed by atoms with Gasteiger partial charge >= 0.3 is 0 Å². The number of anilines is 2. The molecule has 3 heterocycles. The predicted octanol–water partition coefficient (Wildman–Crippen LogP) is 4.38. The molecule has 1 N–H and O–H groups in total. The molecule has 0 radical (unpaired) electrons. The van der Waals surface area contributed by atoms with Gasteiger partial charge in [-0.05, 0) is 72.7 Å². The number of nitrogens with zero attached hydrogens (tertiary/aromatic N) is 2. The molecule has 2 amide bonds. The Labute approximate surface area is 203 Å². The van der Waals surface area contributed by atoms with Gasteiger partial charge in [-0.3, -0.25) is 9.59 Å². The van der Waals surface area contributed by atoms with Crippen LogP contribution in [-0.2, 0) is 16.4 Å². The van der Waals surface area contributed by atoms with Crippen molar-refractivity contribution in [2.45, 2.75) is 30.6 Å². The van der Waals surface area contributed by atoms with Gasteiger partial charge in [-0.2, -0.15) is 4.31 Å². The number of nitrogens with one attached hydrogen (secondary N) is 1. The minimum absolute atomic E-state index is 0.0391. The minimum Gasteiger partial charge on any atom is -0.322 e. The fourth-order valence-electron chi connectivity index (χ4n) is 4.44. The SMILES string of the molecule is O=C(Nc1ccc2c(c1)N(C(=O)c1cccs1)CC2)c1ccc(S(=O)(=O)N2CCCCC2)cc1. The number of carbonyl (C=O) groups is 2. The standard InChI is InChI=1S/C25H25N3O4S2/c29-24(19-7-10-21(11-8-19)34(31,32)27-13-2-1-3-14-27)26-20-9-6-18-12-15-28(22(18)17-20)25(30)23-5-4-16-33-23/h4-11,16-17H,1-3,12-15H2,(H,26,29). The Bertz CT molecular complexity index is 1310. The monoisotopic (exact) mass is 495 g/mol. The highest BCUT2D eigenvalue weighted by atomic mass is 32.2. The van der Waals surface area contributed by atoms with Crippen LogP contribution in [0, 0.1) is 0 Å². The van der Waals surface area contributed by atoms with Gasteiger partial charge in [-0.25, -0.2) is 8.42 Å². The smallest absolute Gasteiger partial charge is 0.268 e. The van der Waals surface area contributed by atoms with E-state index in [0.717, 1.165) is 36.9 Å². The molecule has 0 spiro atoms. The molecule has 0 bridgehead atoms. The third kappa shape index (κ3) is 4.38. The Balaban J connectivity index is 1.30. The molecule has 0 atom stereocenters. The second-order valence-corrected chi connectivity index (χ2v) is 11.4. The number of hydrogen-bond donors (Lipinski definition) is 1. The van der Waals surface area contributed by atoms with E-state index in [2.05, 4.69) is 5.32 Å². The maximum atomic E-state index is 12.8. The average molecular weight is 496 g/mol. The number of sulfonamides is 1. The topological polar surface area (TPSA) is 86.8 Å². The van der Waals surface area contributed by atoms with Crippen molar-refractivity contribution in [2.75, 3.05) is 29.9 Å². The number of benzene rings is 2. The summed E-state index contributed by atoms with van der Waals surface area (Å²) in [5, 5.41) is 4.75. The van der Waals surface area contributed by atoms with Gasteiger partial charge in [0.25, 0.3) is 11.8 Å². The van der Waals surface area contributed by atoms with Gasteiger partial charge in [0.2, 0.25) is 10.0 Å². The van der Waals surface area contributed by atoms with E-state index in [9.17, 15) is 18.0 Å². The number of thiophene rings is 1. The van der Waals surface area contributed by atoms with Crippen LogP contribution in [-0.4, -0.2) is 44.2 Å². The lowest BCUT2D eigenvalue weighted by Gasteiger charge is -2.25. The van der Waals surface area contributed by atoms with Crippen LogP contribution in [0.15, 0.2) is 64.9 Å². The lowest BCUT2D eigenvalue weighted by Crippen LogP contribution is -2.35. The van der Waals surface area contributed by atoms with Crippen LogP contribution in [0.4, 0.5) is 11.4 Å². The molecule has 1 fully saturated rings. The minimum atomic E-state index is -3.54. The third-order valence-corrected chi connectivity index (χ3v) is 9.06. The summed E-state index contributed by atoms with van der Waals surface area (Å²) in [7, 11) is -3.54. The zero-order valence-electron chi connectivity index (χ0n) is 18.6. The van der Waals surface area contributed by atoms with Crippen LogP contribution in [0.5, 0.6) is 0 Å². The van der Waals surface area contributed by atoms with Gasteiger partial charge in [0.15, 0.2) is 0 Å². The summed E-state index contributed by atoms with van der Waals surface area (Å²) in [6.45, 7) is 1.68. The van der Waals surface area contributed by atoms with Crippen molar-refractivity contribution in [3.05, 3.63) is 76.0 Å². The van der Waals surface area contributed by atoms with Gasteiger partial charge < -0.3 is 10.2 Å². The summed E-state index contributed by atoms with van der Waals surface area (Å²) in [5.41, 5.74) is 2.82. The molecule has 34 heavy (non-hydrogen) atoms. The van der Waals surface area contributed by atoms with Gasteiger partial charge in [-0.15, -0.1) is 11.3 Å². The second-order valence-electron chi connectivity index (χ2n) is 8.47. The van der Waals surface area contributed by atoms with E-state index in [1.165, 1.54) is 39.9 Å². The number of rotatable bonds is 5. The lowest BCUT2D eigenvalue weighted by molar-refractivity contribution is 0.0991. The van der Waals surface area contributed by atoms with E-state index < -0.39 is 10.0 Å². The van der Waals surface area contributed by atoms with Gasteiger partial charge in [0.05, 0.1) is 9.77 Å². The molecule has 0 unspecified atom stereocenters. The number of carbonyl (C=O) groups excluding carboxylic acids is 2. The normalized spacial score (nSPS) is 16.3. The van der Waals surface area contributed by atoms with Crippen LogP contribution < -0.4 is 10.2 Å². The first-order chi connectivity index (χ1) is 16.4. The fourth-order valence-corrected chi connectivity index (χ4v) is 6.63. The second kappa shape index (κ2) is 9.32.